The molecule has 1 aromatic carbocycles. The van der Waals surface area contributed by atoms with Crippen molar-refractivity contribution in [3.8, 4) is 5.88 Å². The molecule has 3 aromatic rings. The van der Waals surface area contributed by atoms with Gasteiger partial charge >= 0.3 is 0 Å². The van der Waals surface area contributed by atoms with Crippen LogP contribution in [0.2, 0.25) is 0 Å². The van der Waals surface area contributed by atoms with Crippen molar-refractivity contribution in [3.63, 3.8) is 0 Å². The van der Waals surface area contributed by atoms with E-state index in [2.05, 4.69) is 21.0 Å². The number of aryl methyl sites for hydroxylation is 2. The number of benzene rings is 1. The first-order valence-electron chi connectivity index (χ1n) is 9.32. The number of aromatic nitrogens is 3. The molecule has 6 nitrogen and oxygen atoms in total. The second-order valence-electron chi connectivity index (χ2n) is 6.85. The van der Waals surface area contributed by atoms with Crippen LogP contribution in [0.5, 0.6) is 5.88 Å². The van der Waals surface area contributed by atoms with Crippen molar-refractivity contribution < 1.29 is 9.53 Å². The third-order valence-electron chi connectivity index (χ3n) is 4.55. The average molecular weight is 415 g/mol. The van der Waals surface area contributed by atoms with Gasteiger partial charge in [-0.15, -0.1) is 11.3 Å². The molecule has 0 saturated carbocycles. The molecular weight excluding hydrogens is 392 g/mol. The highest BCUT2D eigenvalue weighted by molar-refractivity contribution is 8.01. The summed E-state index contributed by atoms with van der Waals surface area (Å²) >= 11 is 3.14. The van der Waals surface area contributed by atoms with E-state index in [4.69, 9.17) is 4.74 Å². The number of rotatable bonds is 5. The first-order valence-corrected chi connectivity index (χ1v) is 11.1. The van der Waals surface area contributed by atoms with E-state index in [-0.39, 0.29) is 12.0 Å². The zero-order chi connectivity index (χ0) is 19.5. The number of piperidine rings is 1. The van der Waals surface area contributed by atoms with Crippen molar-refractivity contribution in [2.75, 3.05) is 18.8 Å². The number of ether oxygens (including phenoxy) is 1. The Morgan fingerprint density at radius 2 is 2.14 bits per heavy atom. The molecule has 1 fully saturated rings. The molecule has 1 atom stereocenters. The molecular formula is C20H22N4O2S2. The van der Waals surface area contributed by atoms with E-state index in [1.54, 1.807) is 11.3 Å². The largest absolute Gasteiger partial charge is 0.472 e. The Morgan fingerprint density at radius 3 is 2.96 bits per heavy atom. The van der Waals surface area contributed by atoms with Gasteiger partial charge in [-0.25, -0.2) is 9.97 Å². The number of carbonyl (C=O) groups excluding carboxylic acids is 1. The lowest BCUT2D eigenvalue weighted by molar-refractivity contribution is -0.130. The Morgan fingerprint density at radius 1 is 1.29 bits per heavy atom. The molecule has 1 saturated heterocycles. The molecule has 1 unspecified atom stereocenters. The third-order valence-corrected chi connectivity index (χ3v) is 6.72. The maximum atomic E-state index is 12.7. The maximum absolute atomic E-state index is 12.7. The Labute approximate surface area is 172 Å². The molecule has 1 amide bonds. The Bertz CT molecular complexity index is 938. The molecule has 0 spiro atoms. The van der Waals surface area contributed by atoms with Crippen LogP contribution in [0.3, 0.4) is 0 Å². The summed E-state index contributed by atoms with van der Waals surface area (Å²) in [6.07, 6.45) is 1.83. The summed E-state index contributed by atoms with van der Waals surface area (Å²) in [5, 5.41) is 0. The van der Waals surface area contributed by atoms with Gasteiger partial charge in [-0.1, -0.05) is 23.9 Å². The predicted octanol–water partition coefficient (Wildman–Crippen LogP) is 3.87. The lowest BCUT2D eigenvalue weighted by Crippen LogP contribution is -2.45. The van der Waals surface area contributed by atoms with Gasteiger partial charge < -0.3 is 9.64 Å². The van der Waals surface area contributed by atoms with Gasteiger partial charge in [0.05, 0.1) is 22.5 Å². The zero-order valence-corrected chi connectivity index (χ0v) is 17.6. The molecule has 3 heterocycles. The van der Waals surface area contributed by atoms with Crippen molar-refractivity contribution in [2.45, 2.75) is 37.1 Å². The summed E-state index contributed by atoms with van der Waals surface area (Å²) in [6, 6.07) is 9.89. The fourth-order valence-corrected chi connectivity index (χ4v) is 5.27. The molecule has 2 aromatic heterocycles. The van der Waals surface area contributed by atoms with E-state index in [1.807, 2.05) is 43.0 Å². The molecule has 146 valence electrons. The fraction of sp³-hybridized carbons (Fsp3) is 0.400. The first-order chi connectivity index (χ1) is 13.6. The number of carbonyl (C=O) groups is 1. The molecule has 0 N–H and O–H groups in total. The monoisotopic (exact) mass is 414 g/mol. The van der Waals surface area contributed by atoms with Crippen LogP contribution < -0.4 is 4.74 Å². The van der Waals surface area contributed by atoms with Crippen LogP contribution in [0.25, 0.3) is 10.2 Å². The second-order valence-corrected chi connectivity index (χ2v) is 9.11. The van der Waals surface area contributed by atoms with E-state index in [0.717, 1.165) is 39.6 Å². The molecule has 0 aliphatic carbocycles. The SMILES string of the molecule is Cc1cc(OC2CCCN(C(=O)CSc3nc4ccccc4s3)C2)nc(C)n1. The van der Waals surface area contributed by atoms with Crippen LogP contribution in [0.4, 0.5) is 0 Å². The second kappa shape index (κ2) is 8.45. The molecule has 4 rings (SSSR count). The predicted molar refractivity (Wildman–Crippen MR) is 112 cm³/mol. The number of para-hydroxylation sites is 1. The number of nitrogens with zero attached hydrogens (tertiary/aromatic N) is 4. The lowest BCUT2D eigenvalue weighted by atomic mass is 10.1. The van der Waals surface area contributed by atoms with E-state index in [1.165, 1.54) is 11.8 Å². The Balaban J connectivity index is 1.33. The highest BCUT2D eigenvalue weighted by Crippen LogP contribution is 2.29. The number of thioether (sulfide) groups is 1. The standard InChI is InChI=1S/C20H22N4O2S2/c1-13-10-18(22-14(2)21-13)26-15-6-5-9-24(11-15)19(25)12-27-20-23-16-7-3-4-8-17(16)28-20/h3-4,7-8,10,15H,5-6,9,11-12H2,1-2H3. The highest BCUT2D eigenvalue weighted by Gasteiger charge is 2.25. The van der Waals surface area contributed by atoms with Crippen LogP contribution in [-0.2, 0) is 4.79 Å². The quantitative estimate of drug-likeness (QED) is 0.591. The van der Waals surface area contributed by atoms with Gasteiger partial charge in [0.1, 0.15) is 11.9 Å². The molecule has 0 bridgehead atoms. The topological polar surface area (TPSA) is 68.2 Å². The summed E-state index contributed by atoms with van der Waals surface area (Å²) in [5.74, 6) is 1.82. The van der Waals surface area contributed by atoms with Gasteiger partial charge in [0.2, 0.25) is 11.8 Å². The summed E-state index contributed by atoms with van der Waals surface area (Å²) in [5.41, 5.74) is 1.88. The average Bonchev–Trinajstić information content (AvgIpc) is 3.08. The van der Waals surface area contributed by atoms with E-state index in [0.29, 0.717) is 24.0 Å². The summed E-state index contributed by atoms with van der Waals surface area (Å²) < 4.78 is 8.13. The fourth-order valence-electron chi connectivity index (χ4n) is 3.30. The number of hydrogen-bond acceptors (Lipinski definition) is 7. The minimum Gasteiger partial charge on any atom is -0.472 e. The van der Waals surface area contributed by atoms with Gasteiger partial charge in [0.25, 0.3) is 0 Å². The van der Waals surface area contributed by atoms with Crippen LogP contribution in [0.1, 0.15) is 24.4 Å². The van der Waals surface area contributed by atoms with Gasteiger partial charge in [0, 0.05) is 18.3 Å². The molecule has 8 heteroatoms. The van der Waals surface area contributed by atoms with E-state index < -0.39 is 0 Å². The van der Waals surface area contributed by atoms with Gasteiger partial charge in [0.15, 0.2) is 4.34 Å². The number of likely N-dealkylation sites (tertiary alicyclic amines) is 1. The Hall–Kier alpha value is -2.19. The van der Waals surface area contributed by atoms with E-state index in [9.17, 15) is 4.79 Å². The van der Waals surface area contributed by atoms with Crippen molar-refractivity contribution in [1.82, 2.24) is 19.9 Å². The third kappa shape index (κ3) is 4.62. The van der Waals surface area contributed by atoms with Crippen molar-refractivity contribution in [1.29, 1.82) is 0 Å². The molecule has 1 aliphatic rings. The van der Waals surface area contributed by atoms with Gasteiger partial charge in [-0.05, 0) is 38.8 Å². The Kier molecular flexibility index (Phi) is 5.77. The highest BCUT2D eigenvalue weighted by atomic mass is 32.2. The van der Waals surface area contributed by atoms with Gasteiger partial charge in [-0.2, -0.15) is 4.98 Å². The van der Waals surface area contributed by atoms with Crippen molar-refractivity contribution >= 4 is 39.2 Å². The van der Waals surface area contributed by atoms with Gasteiger partial charge in [-0.3, -0.25) is 4.79 Å². The molecule has 28 heavy (non-hydrogen) atoms. The summed E-state index contributed by atoms with van der Waals surface area (Å²) in [7, 11) is 0. The molecule has 1 aliphatic heterocycles. The number of thiazole rings is 1. The number of amides is 1. The zero-order valence-electron chi connectivity index (χ0n) is 15.9. The van der Waals surface area contributed by atoms with Crippen LogP contribution >= 0.6 is 23.1 Å². The minimum atomic E-state index is -0.0288. The van der Waals surface area contributed by atoms with Crippen molar-refractivity contribution in [2.24, 2.45) is 0 Å². The maximum Gasteiger partial charge on any atom is 0.233 e. The summed E-state index contributed by atoms with van der Waals surface area (Å²) in [6.45, 7) is 5.16. The normalized spacial score (nSPS) is 17.1. The van der Waals surface area contributed by atoms with E-state index >= 15 is 0 Å². The number of fused-ring (bicyclic) bond motifs is 1. The smallest absolute Gasteiger partial charge is 0.233 e. The van der Waals surface area contributed by atoms with Crippen LogP contribution in [-0.4, -0.2) is 50.7 Å². The summed E-state index contributed by atoms with van der Waals surface area (Å²) in [4.78, 5) is 27.8. The van der Waals surface area contributed by atoms with Crippen LogP contribution in [0, 0.1) is 13.8 Å². The van der Waals surface area contributed by atoms with Crippen molar-refractivity contribution in [3.05, 3.63) is 41.9 Å². The molecule has 0 radical (unpaired) electrons. The van der Waals surface area contributed by atoms with Crippen LogP contribution in [0.15, 0.2) is 34.7 Å². The minimum absolute atomic E-state index is 0.0288. The first kappa shape index (κ1) is 19.1. The lowest BCUT2D eigenvalue weighted by Gasteiger charge is -2.32. The number of hydrogen-bond donors (Lipinski definition) is 0.